The Hall–Kier alpha value is -1.94. The molecule has 0 aliphatic carbocycles. The Morgan fingerprint density at radius 2 is 1.65 bits per heavy atom. The molecule has 2 rings (SSSR count). The van der Waals surface area contributed by atoms with Crippen molar-refractivity contribution in [3.63, 3.8) is 0 Å². The molecule has 0 bridgehead atoms. The first-order chi connectivity index (χ1) is 10.9. The van der Waals surface area contributed by atoms with Crippen LogP contribution in [0.25, 0.3) is 0 Å². The Labute approximate surface area is 140 Å². The van der Waals surface area contributed by atoms with E-state index in [-0.39, 0.29) is 11.7 Å². The summed E-state index contributed by atoms with van der Waals surface area (Å²) in [5.74, 6) is 0.223. The van der Waals surface area contributed by atoms with E-state index in [1.165, 1.54) is 0 Å². The highest BCUT2D eigenvalue weighted by Crippen LogP contribution is 2.19. The average Bonchev–Trinajstić information content (AvgIpc) is 2.47. The monoisotopic (exact) mass is 329 g/mol. The third-order valence-electron chi connectivity index (χ3n) is 3.86. The summed E-state index contributed by atoms with van der Waals surface area (Å²) in [5, 5.41) is 2.89. The van der Waals surface area contributed by atoms with E-state index in [0.29, 0.717) is 5.75 Å². The second kappa shape index (κ2) is 7.55. The first-order valence-electron chi connectivity index (χ1n) is 7.64. The summed E-state index contributed by atoms with van der Waals surface area (Å²) >= 11 is 0. The number of amides is 1. The number of carbonyl (C=O) groups is 1. The normalized spacial score (nSPS) is 12.0. The minimum atomic E-state index is -1.22. The molecule has 0 unspecified atom stereocenters. The van der Waals surface area contributed by atoms with E-state index < -0.39 is 10.8 Å². The summed E-state index contributed by atoms with van der Waals surface area (Å²) < 4.78 is 12.3. The van der Waals surface area contributed by atoms with E-state index in [2.05, 4.69) is 5.32 Å². The van der Waals surface area contributed by atoms with E-state index in [9.17, 15) is 9.00 Å². The maximum atomic E-state index is 12.3. The van der Waals surface area contributed by atoms with Crippen LogP contribution in [-0.2, 0) is 21.3 Å². The molecule has 0 radical (unpaired) electrons. The van der Waals surface area contributed by atoms with Gasteiger partial charge in [0.25, 0.3) is 0 Å². The highest BCUT2D eigenvalue weighted by Gasteiger charge is 2.12. The van der Waals surface area contributed by atoms with Crippen molar-refractivity contribution in [2.45, 2.75) is 33.4 Å². The van der Waals surface area contributed by atoms with E-state index >= 15 is 0 Å². The standard InChI is InChI=1S/C19H23NO2S/c1-13-8-9-14(2)17(10-13)11-23(22)12-18(21)20-19-15(3)6-5-7-16(19)4/h5-10H,11-12H2,1-4H3,(H,20,21)/t23-/m1/s1. The molecule has 0 heterocycles. The number of nitrogens with one attached hydrogen (secondary N) is 1. The number of rotatable bonds is 5. The summed E-state index contributed by atoms with van der Waals surface area (Å²) in [6.45, 7) is 7.92. The highest BCUT2D eigenvalue weighted by molar-refractivity contribution is 7.84. The Bertz CT molecular complexity index is 733. The Morgan fingerprint density at radius 3 is 2.30 bits per heavy atom. The minimum absolute atomic E-state index is 0.0150. The summed E-state index contributed by atoms with van der Waals surface area (Å²) in [7, 11) is -1.22. The molecule has 0 aliphatic heterocycles. The molecule has 3 nitrogen and oxygen atoms in total. The summed E-state index contributed by atoms with van der Waals surface area (Å²) in [4.78, 5) is 12.2. The van der Waals surface area contributed by atoms with Gasteiger partial charge in [-0.05, 0) is 49.9 Å². The van der Waals surface area contributed by atoms with Crippen LogP contribution in [0, 0.1) is 27.7 Å². The number of para-hydroxylation sites is 1. The van der Waals surface area contributed by atoms with Crippen LogP contribution in [0.3, 0.4) is 0 Å². The summed E-state index contributed by atoms with van der Waals surface area (Å²) in [6.07, 6.45) is 0. The molecule has 0 fully saturated rings. The van der Waals surface area contributed by atoms with E-state index in [0.717, 1.165) is 33.5 Å². The third-order valence-corrected chi connectivity index (χ3v) is 5.08. The SMILES string of the molecule is Cc1ccc(C)c(C[S@@](=O)CC(=O)Nc2c(C)cccc2C)c1. The quantitative estimate of drug-likeness (QED) is 0.907. The number of hydrogen-bond donors (Lipinski definition) is 1. The van der Waals surface area contributed by atoms with Crippen LogP contribution in [0.15, 0.2) is 36.4 Å². The van der Waals surface area contributed by atoms with Gasteiger partial charge in [-0.2, -0.15) is 0 Å². The van der Waals surface area contributed by atoms with Crippen LogP contribution in [-0.4, -0.2) is 15.9 Å². The molecule has 0 aliphatic rings. The van der Waals surface area contributed by atoms with Crippen LogP contribution in [0.2, 0.25) is 0 Å². The Balaban J connectivity index is 2.00. The molecule has 4 heteroatoms. The molecule has 2 aromatic rings. The smallest absolute Gasteiger partial charge is 0.237 e. The van der Waals surface area contributed by atoms with Gasteiger partial charge in [-0.1, -0.05) is 42.0 Å². The van der Waals surface area contributed by atoms with Gasteiger partial charge in [0.1, 0.15) is 5.75 Å². The third kappa shape index (κ3) is 4.76. The van der Waals surface area contributed by atoms with Gasteiger partial charge in [0, 0.05) is 22.2 Å². The van der Waals surface area contributed by atoms with Crippen molar-refractivity contribution in [2.24, 2.45) is 0 Å². The van der Waals surface area contributed by atoms with Gasteiger partial charge < -0.3 is 5.32 Å². The van der Waals surface area contributed by atoms with Crippen molar-refractivity contribution in [2.75, 3.05) is 11.1 Å². The van der Waals surface area contributed by atoms with Crippen LogP contribution in [0.4, 0.5) is 5.69 Å². The number of benzene rings is 2. The fraction of sp³-hybridized carbons (Fsp3) is 0.316. The van der Waals surface area contributed by atoms with Gasteiger partial charge in [0.15, 0.2) is 0 Å². The summed E-state index contributed by atoms with van der Waals surface area (Å²) in [6, 6.07) is 12.0. The average molecular weight is 329 g/mol. The fourth-order valence-corrected chi connectivity index (χ4v) is 3.64. The second-order valence-electron chi connectivity index (χ2n) is 5.97. The molecule has 1 N–H and O–H groups in total. The van der Waals surface area contributed by atoms with Crippen LogP contribution in [0.5, 0.6) is 0 Å². The topological polar surface area (TPSA) is 46.2 Å². The second-order valence-corrected chi connectivity index (χ2v) is 7.43. The predicted molar refractivity (Wildman–Crippen MR) is 97.2 cm³/mol. The lowest BCUT2D eigenvalue weighted by molar-refractivity contribution is -0.113. The zero-order chi connectivity index (χ0) is 17.0. The molecule has 0 aromatic heterocycles. The maximum Gasteiger partial charge on any atom is 0.237 e. The number of carbonyl (C=O) groups excluding carboxylic acids is 1. The molecular formula is C19H23NO2S. The molecule has 0 spiro atoms. The molecular weight excluding hydrogens is 306 g/mol. The molecule has 1 amide bonds. The largest absolute Gasteiger partial charge is 0.325 e. The Morgan fingerprint density at radius 1 is 1.00 bits per heavy atom. The molecule has 122 valence electrons. The zero-order valence-electron chi connectivity index (χ0n) is 14.1. The van der Waals surface area contributed by atoms with Gasteiger partial charge in [0.2, 0.25) is 5.91 Å². The van der Waals surface area contributed by atoms with Crippen molar-refractivity contribution in [1.29, 1.82) is 0 Å². The van der Waals surface area contributed by atoms with E-state index in [4.69, 9.17) is 0 Å². The summed E-state index contributed by atoms with van der Waals surface area (Å²) in [5.41, 5.74) is 6.14. The predicted octanol–water partition coefficient (Wildman–Crippen LogP) is 3.81. The molecule has 0 saturated carbocycles. The minimum Gasteiger partial charge on any atom is -0.325 e. The first-order valence-corrected chi connectivity index (χ1v) is 9.13. The van der Waals surface area contributed by atoms with Crippen LogP contribution < -0.4 is 5.32 Å². The lowest BCUT2D eigenvalue weighted by atomic mass is 10.1. The van der Waals surface area contributed by atoms with Crippen molar-refractivity contribution < 1.29 is 9.00 Å². The first kappa shape index (κ1) is 17.4. The lowest BCUT2D eigenvalue weighted by Crippen LogP contribution is -2.21. The molecule has 2 aromatic carbocycles. The van der Waals surface area contributed by atoms with Gasteiger partial charge in [-0.25, -0.2) is 0 Å². The molecule has 1 atom stereocenters. The van der Waals surface area contributed by atoms with E-state index in [1.807, 2.05) is 64.1 Å². The van der Waals surface area contributed by atoms with Crippen LogP contribution >= 0.6 is 0 Å². The van der Waals surface area contributed by atoms with Crippen LogP contribution in [0.1, 0.15) is 27.8 Å². The fourth-order valence-electron chi connectivity index (χ4n) is 2.51. The van der Waals surface area contributed by atoms with Gasteiger partial charge in [-0.15, -0.1) is 0 Å². The van der Waals surface area contributed by atoms with Gasteiger partial charge >= 0.3 is 0 Å². The lowest BCUT2D eigenvalue weighted by Gasteiger charge is -2.12. The van der Waals surface area contributed by atoms with Crippen molar-refractivity contribution in [3.05, 3.63) is 64.2 Å². The van der Waals surface area contributed by atoms with E-state index in [1.54, 1.807) is 0 Å². The number of aryl methyl sites for hydroxylation is 4. The highest BCUT2D eigenvalue weighted by atomic mass is 32.2. The van der Waals surface area contributed by atoms with Gasteiger partial charge in [0.05, 0.1) is 0 Å². The molecule has 23 heavy (non-hydrogen) atoms. The zero-order valence-corrected chi connectivity index (χ0v) is 14.9. The van der Waals surface area contributed by atoms with Crippen molar-refractivity contribution >= 4 is 22.4 Å². The van der Waals surface area contributed by atoms with Crippen molar-refractivity contribution in [1.82, 2.24) is 0 Å². The van der Waals surface area contributed by atoms with Crippen molar-refractivity contribution in [3.8, 4) is 0 Å². The number of anilines is 1. The van der Waals surface area contributed by atoms with Gasteiger partial charge in [-0.3, -0.25) is 9.00 Å². The maximum absolute atomic E-state index is 12.3. The Kier molecular flexibility index (Phi) is 5.72. The molecule has 0 saturated heterocycles. The number of hydrogen-bond acceptors (Lipinski definition) is 2.